The zero-order valence-corrected chi connectivity index (χ0v) is 14.9. The van der Waals surface area contributed by atoms with Gasteiger partial charge in [-0.15, -0.1) is 0 Å². The quantitative estimate of drug-likeness (QED) is 0.827. The van der Waals surface area contributed by atoms with E-state index in [9.17, 15) is 14.7 Å². The van der Waals surface area contributed by atoms with Crippen molar-refractivity contribution >= 4 is 23.5 Å². The van der Waals surface area contributed by atoms with Crippen molar-refractivity contribution in [3.8, 4) is 23.0 Å². The fraction of sp³-hybridized carbons (Fsp3) is 0.222. The Hall–Kier alpha value is -2.93. The van der Waals surface area contributed by atoms with Crippen molar-refractivity contribution in [2.45, 2.75) is 0 Å². The van der Waals surface area contributed by atoms with Crippen LogP contribution in [-0.4, -0.2) is 49.2 Å². The molecule has 1 N–H and O–H groups in total. The van der Waals surface area contributed by atoms with Crippen LogP contribution in [0.5, 0.6) is 23.0 Å². The molecule has 0 saturated heterocycles. The monoisotopic (exact) mass is 377 g/mol. The molecule has 26 heavy (non-hydrogen) atoms. The lowest BCUT2D eigenvalue weighted by atomic mass is 10.1. The molecule has 0 unspecified atom stereocenters. The molecule has 8 heteroatoms. The minimum Gasteiger partial charge on any atom is -0.508 e. The Kier molecular flexibility index (Phi) is 4.90. The van der Waals surface area contributed by atoms with Crippen LogP contribution in [0.4, 0.5) is 0 Å². The standard InChI is InChI=1S/C18H16ClNO6/c1-20-5-6-25-16-13(17(20)22)3-4-14(15(16)19)26-12-8-10(18(23)24-2)7-11(21)9-12/h3-4,7-9,21H,5-6H2,1-2H3. The number of rotatable bonds is 3. The average Bonchev–Trinajstić information content (AvgIpc) is 2.76. The number of halogens is 1. The second-order valence-electron chi connectivity index (χ2n) is 5.64. The van der Waals surface area contributed by atoms with E-state index in [4.69, 9.17) is 21.1 Å². The maximum atomic E-state index is 12.3. The van der Waals surface area contributed by atoms with Crippen LogP contribution in [-0.2, 0) is 4.74 Å². The molecule has 0 saturated carbocycles. The molecule has 1 heterocycles. The number of methoxy groups -OCH3 is 1. The van der Waals surface area contributed by atoms with E-state index in [1.54, 1.807) is 18.0 Å². The van der Waals surface area contributed by atoms with Gasteiger partial charge in [-0.1, -0.05) is 11.6 Å². The highest BCUT2D eigenvalue weighted by molar-refractivity contribution is 6.34. The summed E-state index contributed by atoms with van der Waals surface area (Å²) in [6.45, 7) is 0.742. The predicted octanol–water partition coefficient (Wildman–Crippen LogP) is 3.09. The first kappa shape index (κ1) is 17.9. The molecule has 0 radical (unpaired) electrons. The van der Waals surface area contributed by atoms with E-state index in [1.165, 1.54) is 31.4 Å². The first-order valence-corrected chi connectivity index (χ1v) is 8.09. The molecule has 2 aromatic carbocycles. The number of phenols is 1. The van der Waals surface area contributed by atoms with E-state index >= 15 is 0 Å². The van der Waals surface area contributed by atoms with Crippen molar-refractivity contribution in [2.24, 2.45) is 0 Å². The number of hydrogen-bond donors (Lipinski definition) is 1. The van der Waals surface area contributed by atoms with E-state index < -0.39 is 5.97 Å². The summed E-state index contributed by atoms with van der Waals surface area (Å²) < 4.78 is 15.9. The highest BCUT2D eigenvalue weighted by Gasteiger charge is 2.25. The number of carbonyl (C=O) groups excluding carboxylic acids is 2. The summed E-state index contributed by atoms with van der Waals surface area (Å²) in [4.78, 5) is 25.5. The molecule has 1 aliphatic rings. The molecule has 0 atom stereocenters. The van der Waals surface area contributed by atoms with Crippen LogP contribution in [0.3, 0.4) is 0 Å². The van der Waals surface area contributed by atoms with E-state index in [2.05, 4.69) is 4.74 Å². The minimum absolute atomic E-state index is 0.126. The lowest BCUT2D eigenvalue weighted by Crippen LogP contribution is -2.27. The topological polar surface area (TPSA) is 85.3 Å². The normalized spacial score (nSPS) is 13.5. The predicted molar refractivity (Wildman–Crippen MR) is 93.4 cm³/mol. The molecule has 1 amide bonds. The van der Waals surface area contributed by atoms with Gasteiger partial charge < -0.3 is 24.2 Å². The SMILES string of the molecule is COC(=O)c1cc(O)cc(Oc2ccc3c(c2Cl)OCCN(C)C3=O)c1. The molecule has 136 valence electrons. The molecule has 2 aromatic rings. The first-order valence-electron chi connectivity index (χ1n) is 7.71. The lowest BCUT2D eigenvalue weighted by molar-refractivity contribution is 0.0599. The van der Waals surface area contributed by atoms with E-state index in [-0.39, 0.29) is 39.5 Å². The van der Waals surface area contributed by atoms with Crippen molar-refractivity contribution in [1.82, 2.24) is 4.90 Å². The smallest absolute Gasteiger partial charge is 0.338 e. The number of likely N-dealkylation sites (N-methyl/N-ethyl adjacent to an activating group) is 1. The number of ether oxygens (including phenoxy) is 3. The Bertz CT molecular complexity index is 882. The number of carbonyl (C=O) groups is 2. The molecule has 0 bridgehead atoms. The number of phenolic OH excluding ortho intramolecular Hbond substituents is 1. The number of nitrogens with zero attached hydrogens (tertiary/aromatic N) is 1. The van der Waals surface area contributed by atoms with E-state index in [0.29, 0.717) is 18.7 Å². The van der Waals surface area contributed by atoms with Gasteiger partial charge in [-0.05, 0) is 24.3 Å². The molecule has 0 aliphatic carbocycles. The molecule has 7 nitrogen and oxygen atoms in total. The molecule has 0 fully saturated rings. The van der Waals surface area contributed by atoms with Gasteiger partial charge in [0.1, 0.15) is 28.9 Å². The highest BCUT2D eigenvalue weighted by atomic mass is 35.5. The maximum absolute atomic E-state index is 12.3. The average molecular weight is 378 g/mol. The van der Waals surface area contributed by atoms with Crippen LogP contribution < -0.4 is 9.47 Å². The molecule has 3 rings (SSSR count). The van der Waals surface area contributed by atoms with Crippen LogP contribution in [0.1, 0.15) is 20.7 Å². The van der Waals surface area contributed by atoms with Crippen molar-refractivity contribution < 1.29 is 28.9 Å². The van der Waals surface area contributed by atoms with Gasteiger partial charge >= 0.3 is 5.97 Å². The van der Waals surface area contributed by atoms with Gasteiger partial charge in [-0.25, -0.2) is 4.79 Å². The summed E-state index contributed by atoms with van der Waals surface area (Å²) in [5.41, 5.74) is 0.468. The summed E-state index contributed by atoms with van der Waals surface area (Å²) in [6.07, 6.45) is 0. The number of hydrogen-bond acceptors (Lipinski definition) is 6. The van der Waals surface area contributed by atoms with Crippen molar-refractivity contribution in [3.05, 3.63) is 46.5 Å². The Morgan fingerprint density at radius 2 is 2.08 bits per heavy atom. The molecule has 0 spiro atoms. The number of esters is 1. The fourth-order valence-corrected chi connectivity index (χ4v) is 2.78. The summed E-state index contributed by atoms with van der Waals surface area (Å²) in [7, 11) is 2.92. The Morgan fingerprint density at radius 3 is 2.81 bits per heavy atom. The maximum Gasteiger partial charge on any atom is 0.338 e. The van der Waals surface area contributed by atoms with Crippen molar-refractivity contribution in [2.75, 3.05) is 27.3 Å². The summed E-state index contributed by atoms with van der Waals surface area (Å²) >= 11 is 6.36. The molecular weight excluding hydrogens is 362 g/mol. The zero-order chi connectivity index (χ0) is 18.8. The second kappa shape index (κ2) is 7.13. The lowest BCUT2D eigenvalue weighted by Gasteiger charge is -2.14. The third kappa shape index (κ3) is 3.39. The second-order valence-corrected chi connectivity index (χ2v) is 6.02. The van der Waals surface area contributed by atoms with Crippen molar-refractivity contribution in [3.63, 3.8) is 0 Å². The third-order valence-corrected chi connectivity index (χ3v) is 4.21. The first-order chi connectivity index (χ1) is 12.4. The Labute approximate surface area is 154 Å². The van der Waals surface area contributed by atoms with Gasteiger partial charge in [0.25, 0.3) is 5.91 Å². The highest BCUT2D eigenvalue weighted by Crippen LogP contribution is 2.41. The van der Waals surface area contributed by atoms with Crippen molar-refractivity contribution in [1.29, 1.82) is 0 Å². The van der Waals surface area contributed by atoms with Crippen LogP contribution in [0.25, 0.3) is 0 Å². The number of benzene rings is 2. The van der Waals surface area contributed by atoms with Gasteiger partial charge in [-0.3, -0.25) is 4.79 Å². The van der Waals surface area contributed by atoms with Crippen LogP contribution in [0.2, 0.25) is 5.02 Å². The van der Waals surface area contributed by atoms with Crippen LogP contribution in [0, 0.1) is 0 Å². The molecule has 1 aliphatic heterocycles. The molecule has 0 aromatic heterocycles. The van der Waals surface area contributed by atoms with Gasteiger partial charge in [-0.2, -0.15) is 0 Å². The Balaban J connectivity index is 1.97. The van der Waals surface area contributed by atoms with Gasteiger partial charge in [0.2, 0.25) is 0 Å². The van der Waals surface area contributed by atoms with Gasteiger partial charge in [0.15, 0.2) is 5.75 Å². The number of amides is 1. The van der Waals surface area contributed by atoms with Gasteiger partial charge in [0, 0.05) is 13.1 Å². The molecular formula is C18H16ClNO6. The number of fused-ring (bicyclic) bond motifs is 1. The van der Waals surface area contributed by atoms with Crippen LogP contribution >= 0.6 is 11.6 Å². The third-order valence-electron chi connectivity index (χ3n) is 3.85. The largest absolute Gasteiger partial charge is 0.508 e. The minimum atomic E-state index is -0.615. The van der Waals surface area contributed by atoms with Gasteiger partial charge in [0.05, 0.1) is 24.8 Å². The zero-order valence-electron chi connectivity index (χ0n) is 14.1. The Morgan fingerprint density at radius 1 is 1.31 bits per heavy atom. The number of aromatic hydroxyl groups is 1. The summed E-state index contributed by atoms with van der Waals surface area (Å²) in [5, 5.41) is 9.92. The van der Waals surface area contributed by atoms with Crippen LogP contribution in [0.15, 0.2) is 30.3 Å². The summed E-state index contributed by atoms with van der Waals surface area (Å²) in [6, 6.07) is 7.09. The fourth-order valence-electron chi connectivity index (χ4n) is 2.52. The van der Waals surface area contributed by atoms with E-state index in [0.717, 1.165) is 0 Å². The van der Waals surface area contributed by atoms with E-state index in [1.807, 2.05) is 0 Å². The summed E-state index contributed by atoms with van der Waals surface area (Å²) in [5.74, 6) is -0.325.